The van der Waals surface area contributed by atoms with E-state index in [0.29, 0.717) is 6.04 Å². The number of aromatic amines is 1. The van der Waals surface area contributed by atoms with Crippen LogP contribution >= 0.6 is 11.8 Å². The Morgan fingerprint density at radius 1 is 1.40 bits per heavy atom. The molecule has 2 heterocycles. The van der Waals surface area contributed by atoms with Crippen LogP contribution < -0.4 is 10.1 Å². The Balaban J connectivity index is 1.57. The van der Waals surface area contributed by atoms with Crippen LogP contribution in [0, 0.1) is 0 Å². The summed E-state index contributed by atoms with van der Waals surface area (Å²) >= 11 is 1.81. The summed E-state index contributed by atoms with van der Waals surface area (Å²) in [4.78, 5) is 7.96. The van der Waals surface area contributed by atoms with Gasteiger partial charge in [0.05, 0.1) is 18.1 Å². The molecule has 0 spiro atoms. The van der Waals surface area contributed by atoms with Crippen LogP contribution in [-0.4, -0.2) is 35.4 Å². The van der Waals surface area contributed by atoms with Crippen LogP contribution in [0.15, 0.2) is 23.4 Å². The van der Waals surface area contributed by atoms with Crippen LogP contribution in [0.3, 0.4) is 0 Å². The molecule has 3 rings (SSSR count). The van der Waals surface area contributed by atoms with Crippen LogP contribution in [0.25, 0.3) is 11.0 Å². The molecule has 1 saturated heterocycles. The van der Waals surface area contributed by atoms with E-state index in [-0.39, 0.29) is 0 Å². The van der Waals surface area contributed by atoms with E-state index < -0.39 is 0 Å². The maximum absolute atomic E-state index is 5.23. The van der Waals surface area contributed by atoms with Gasteiger partial charge in [0.2, 0.25) is 0 Å². The van der Waals surface area contributed by atoms with E-state index >= 15 is 0 Å². The lowest BCUT2D eigenvalue weighted by Gasteiger charge is -2.22. The first kappa shape index (κ1) is 13.8. The molecule has 108 valence electrons. The minimum absolute atomic E-state index is 0.695. The summed E-state index contributed by atoms with van der Waals surface area (Å²) in [5.41, 5.74) is 2.05. The predicted octanol–water partition coefficient (Wildman–Crippen LogP) is 3.20. The number of ether oxygens (including phenoxy) is 1. The summed E-state index contributed by atoms with van der Waals surface area (Å²) in [5, 5.41) is 4.59. The first-order valence-corrected chi connectivity index (χ1v) is 8.23. The lowest BCUT2D eigenvalue weighted by molar-refractivity contribution is 0.394. The third kappa shape index (κ3) is 3.27. The summed E-state index contributed by atoms with van der Waals surface area (Å²) in [5.74, 6) is 1.97. The average Bonchev–Trinajstić information content (AvgIpc) is 2.90. The highest BCUT2D eigenvalue weighted by molar-refractivity contribution is 7.99. The van der Waals surface area contributed by atoms with Gasteiger partial charge in [-0.05, 0) is 37.9 Å². The first-order chi connectivity index (χ1) is 9.85. The topological polar surface area (TPSA) is 49.9 Å². The van der Waals surface area contributed by atoms with Crippen molar-refractivity contribution in [3.63, 3.8) is 0 Å². The molecule has 2 aromatic rings. The van der Waals surface area contributed by atoms with Gasteiger partial charge in [-0.15, -0.1) is 0 Å². The molecule has 0 amide bonds. The van der Waals surface area contributed by atoms with E-state index in [4.69, 9.17) is 4.74 Å². The SMILES string of the molecule is COc1ccc2nc(SCCC3CCCCN3)[nH]c2c1. The highest BCUT2D eigenvalue weighted by atomic mass is 32.2. The van der Waals surface area contributed by atoms with E-state index in [1.807, 2.05) is 18.2 Å². The average molecular weight is 291 g/mol. The van der Waals surface area contributed by atoms with Crippen molar-refractivity contribution in [2.24, 2.45) is 0 Å². The smallest absolute Gasteiger partial charge is 0.166 e. The number of benzene rings is 1. The molecule has 1 aromatic heterocycles. The Labute approximate surface area is 123 Å². The van der Waals surface area contributed by atoms with Crippen molar-refractivity contribution in [1.29, 1.82) is 0 Å². The Hall–Kier alpha value is -1.20. The van der Waals surface area contributed by atoms with E-state index in [2.05, 4.69) is 15.3 Å². The van der Waals surface area contributed by atoms with Crippen molar-refractivity contribution in [3.05, 3.63) is 18.2 Å². The number of nitrogens with one attached hydrogen (secondary N) is 2. The Morgan fingerprint density at radius 3 is 3.15 bits per heavy atom. The molecule has 20 heavy (non-hydrogen) atoms. The number of aromatic nitrogens is 2. The van der Waals surface area contributed by atoms with Gasteiger partial charge in [-0.1, -0.05) is 18.2 Å². The Morgan fingerprint density at radius 2 is 2.35 bits per heavy atom. The second-order valence-corrected chi connectivity index (χ2v) is 6.29. The maximum atomic E-state index is 5.23. The molecule has 1 atom stereocenters. The van der Waals surface area contributed by atoms with E-state index in [0.717, 1.165) is 27.7 Å². The molecule has 2 N–H and O–H groups in total. The molecule has 0 radical (unpaired) electrons. The van der Waals surface area contributed by atoms with Crippen LogP contribution in [0.4, 0.5) is 0 Å². The lowest BCUT2D eigenvalue weighted by Crippen LogP contribution is -2.34. The Bertz CT molecular complexity index is 563. The van der Waals surface area contributed by atoms with Crippen molar-refractivity contribution in [3.8, 4) is 5.75 Å². The molecule has 5 heteroatoms. The third-order valence-corrected chi connectivity index (χ3v) is 4.69. The van der Waals surface area contributed by atoms with Gasteiger partial charge in [0.15, 0.2) is 5.16 Å². The molecular formula is C15H21N3OS. The van der Waals surface area contributed by atoms with Crippen molar-refractivity contribution in [1.82, 2.24) is 15.3 Å². The number of methoxy groups -OCH3 is 1. The molecule has 1 unspecified atom stereocenters. The highest BCUT2D eigenvalue weighted by Gasteiger charge is 2.12. The van der Waals surface area contributed by atoms with E-state index in [1.54, 1.807) is 18.9 Å². The molecule has 0 bridgehead atoms. The summed E-state index contributed by atoms with van der Waals surface area (Å²) in [6.45, 7) is 1.18. The summed E-state index contributed by atoms with van der Waals surface area (Å²) in [7, 11) is 1.68. The van der Waals surface area contributed by atoms with Crippen LogP contribution in [0.5, 0.6) is 5.75 Å². The molecule has 1 aliphatic heterocycles. The molecule has 1 fully saturated rings. The number of hydrogen-bond donors (Lipinski definition) is 2. The summed E-state index contributed by atoms with van der Waals surface area (Å²) in [6.07, 6.45) is 5.23. The largest absolute Gasteiger partial charge is 0.497 e. The second kappa shape index (κ2) is 6.50. The van der Waals surface area contributed by atoms with E-state index in [1.165, 1.54) is 32.2 Å². The second-order valence-electron chi connectivity index (χ2n) is 5.21. The number of H-pyrrole nitrogens is 1. The third-order valence-electron chi connectivity index (χ3n) is 3.78. The number of imidazole rings is 1. The fourth-order valence-corrected chi connectivity index (χ4v) is 3.57. The molecule has 1 aliphatic rings. The normalized spacial score (nSPS) is 19.4. The number of piperidine rings is 1. The monoisotopic (exact) mass is 291 g/mol. The fourth-order valence-electron chi connectivity index (χ4n) is 2.63. The standard InChI is InChI=1S/C15H21N3OS/c1-19-12-5-6-13-14(10-12)18-15(17-13)20-9-7-11-4-2-3-8-16-11/h5-6,10-11,16H,2-4,7-9H2,1H3,(H,17,18). The van der Waals surface area contributed by atoms with Crippen molar-refractivity contribution < 1.29 is 4.74 Å². The van der Waals surface area contributed by atoms with Gasteiger partial charge in [-0.3, -0.25) is 0 Å². The van der Waals surface area contributed by atoms with Crippen molar-refractivity contribution in [2.45, 2.75) is 36.9 Å². The minimum Gasteiger partial charge on any atom is -0.497 e. The van der Waals surface area contributed by atoms with Gasteiger partial charge in [-0.2, -0.15) is 0 Å². The minimum atomic E-state index is 0.695. The van der Waals surface area contributed by atoms with Gasteiger partial charge in [0.1, 0.15) is 5.75 Å². The van der Waals surface area contributed by atoms with Gasteiger partial charge in [-0.25, -0.2) is 4.98 Å². The number of hydrogen-bond acceptors (Lipinski definition) is 4. The maximum Gasteiger partial charge on any atom is 0.166 e. The predicted molar refractivity (Wildman–Crippen MR) is 83.6 cm³/mol. The molecule has 0 aliphatic carbocycles. The summed E-state index contributed by atoms with van der Waals surface area (Å²) < 4.78 is 5.23. The zero-order valence-corrected chi connectivity index (χ0v) is 12.6. The fraction of sp³-hybridized carbons (Fsp3) is 0.533. The van der Waals surface area contributed by atoms with Gasteiger partial charge in [0.25, 0.3) is 0 Å². The zero-order valence-electron chi connectivity index (χ0n) is 11.8. The van der Waals surface area contributed by atoms with Crippen LogP contribution in [0.2, 0.25) is 0 Å². The molecular weight excluding hydrogens is 270 g/mol. The number of fused-ring (bicyclic) bond motifs is 1. The van der Waals surface area contributed by atoms with Crippen molar-refractivity contribution in [2.75, 3.05) is 19.4 Å². The van der Waals surface area contributed by atoms with Gasteiger partial charge in [0, 0.05) is 17.9 Å². The quantitative estimate of drug-likeness (QED) is 0.831. The molecule has 0 saturated carbocycles. The number of nitrogens with zero attached hydrogens (tertiary/aromatic N) is 1. The van der Waals surface area contributed by atoms with Crippen LogP contribution in [-0.2, 0) is 0 Å². The highest BCUT2D eigenvalue weighted by Crippen LogP contribution is 2.24. The van der Waals surface area contributed by atoms with Gasteiger partial charge < -0.3 is 15.0 Å². The van der Waals surface area contributed by atoms with Gasteiger partial charge >= 0.3 is 0 Å². The molecule has 4 nitrogen and oxygen atoms in total. The first-order valence-electron chi connectivity index (χ1n) is 7.25. The summed E-state index contributed by atoms with van der Waals surface area (Å²) in [6, 6.07) is 6.64. The zero-order chi connectivity index (χ0) is 13.8. The number of rotatable bonds is 5. The van der Waals surface area contributed by atoms with Crippen LogP contribution in [0.1, 0.15) is 25.7 Å². The number of thioether (sulfide) groups is 1. The molecule has 1 aromatic carbocycles. The van der Waals surface area contributed by atoms with Crippen molar-refractivity contribution >= 4 is 22.8 Å². The lowest BCUT2D eigenvalue weighted by atomic mass is 10.0. The van der Waals surface area contributed by atoms with E-state index in [9.17, 15) is 0 Å². The Kier molecular flexibility index (Phi) is 4.47.